The minimum Gasteiger partial charge on any atom is -0.478 e. The SMILES string of the molecule is CCOC(=O)c1cnc2c(C(=O)O)cc(Br)cc2c1Nc1ccc(C)cc1. The molecule has 7 heteroatoms. The number of ether oxygens (including phenoxy) is 1. The summed E-state index contributed by atoms with van der Waals surface area (Å²) in [5, 5.41) is 13.2. The van der Waals surface area contributed by atoms with Crippen LogP contribution in [0.4, 0.5) is 11.4 Å². The molecule has 0 saturated heterocycles. The quantitative estimate of drug-likeness (QED) is 0.560. The highest BCUT2D eigenvalue weighted by atomic mass is 79.9. The molecule has 27 heavy (non-hydrogen) atoms. The lowest BCUT2D eigenvalue weighted by molar-refractivity contribution is 0.0527. The number of esters is 1. The van der Waals surface area contributed by atoms with E-state index < -0.39 is 11.9 Å². The third-order valence-corrected chi connectivity index (χ3v) is 4.44. The van der Waals surface area contributed by atoms with Crippen molar-refractivity contribution in [2.45, 2.75) is 13.8 Å². The minimum absolute atomic E-state index is 0.0433. The predicted octanol–water partition coefficient (Wildman–Crippen LogP) is 4.92. The smallest absolute Gasteiger partial charge is 0.341 e. The molecule has 0 amide bonds. The molecule has 0 atom stereocenters. The Balaban J connectivity index is 2.26. The summed E-state index contributed by atoms with van der Waals surface area (Å²) in [7, 11) is 0. The first-order valence-electron chi connectivity index (χ1n) is 8.27. The van der Waals surface area contributed by atoms with Crippen molar-refractivity contribution in [1.82, 2.24) is 4.98 Å². The van der Waals surface area contributed by atoms with Gasteiger partial charge in [0.1, 0.15) is 5.56 Å². The number of carboxylic acids is 1. The summed E-state index contributed by atoms with van der Waals surface area (Å²) >= 11 is 3.34. The average Bonchev–Trinajstić information content (AvgIpc) is 2.63. The molecule has 2 N–H and O–H groups in total. The second-order valence-corrected chi connectivity index (χ2v) is 6.83. The van der Waals surface area contributed by atoms with E-state index in [2.05, 4.69) is 26.2 Å². The number of aromatic nitrogens is 1. The van der Waals surface area contributed by atoms with Crippen LogP contribution in [0, 0.1) is 6.92 Å². The van der Waals surface area contributed by atoms with Crippen LogP contribution in [0.5, 0.6) is 0 Å². The number of carboxylic acid groups (broad SMARTS) is 1. The molecule has 0 aliphatic carbocycles. The van der Waals surface area contributed by atoms with E-state index in [1.54, 1.807) is 13.0 Å². The molecule has 2 aromatic carbocycles. The molecule has 0 bridgehead atoms. The van der Waals surface area contributed by atoms with Gasteiger partial charge in [0.25, 0.3) is 0 Å². The van der Waals surface area contributed by atoms with Crippen molar-refractivity contribution in [2.24, 2.45) is 0 Å². The summed E-state index contributed by atoms with van der Waals surface area (Å²) in [6.45, 7) is 3.92. The third-order valence-electron chi connectivity index (χ3n) is 3.98. The molecule has 0 spiro atoms. The van der Waals surface area contributed by atoms with Gasteiger partial charge in [0.15, 0.2) is 0 Å². The maximum atomic E-state index is 12.4. The average molecular weight is 429 g/mol. The van der Waals surface area contributed by atoms with Gasteiger partial charge >= 0.3 is 11.9 Å². The van der Waals surface area contributed by atoms with Crippen LogP contribution in [0.25, 0.3) is 10.9 Å². The standard InChI is InChI=1S/C20H17BrN2O4/c1-3-27-20(26)16-10-22-17-14(8-12(21)9-15(17)19(24)25)18(16)23-13-6-4-11(2)5-7-13/h4-10H,3H2,1-2H3,(H,22,23)(H,24,25). The van der Waals surface area contributed by atoms with Crippen LogP contribution in [0.15, 0.2) is 47.1 Å². The number of rotatable bonds is 5. The largest absolute Gasteiger partial charge is 0.478 e. The summed E-state index contributed by atoms with van der Waals surface area (Å²) < 4.78 is 5.71. The fraction of sp³-hybridized carbons (Fsp3) is 0.150. The van der Waals surface area contributed by atoms with Gasteiger partial charge in [-0.05, 0) is 38.1 Å². The second kappa shape index (κ2) is 7.75. The Morgan fingerprint density at radius 2 is 1.89 bits per heavy atom. The highest BCUT2D eigenvalue weighted by molar-refractivity contribution is 9.10. The molecule has 3 aromatic rings. The van der Waals surface area contributed by atoms with Gasteiger partial charge in [-0.2, -0.15) is 0 Å². The second-order valence-electron chi connectivity index (χ2n) is 5.91. The lowest BCUT2D eigenvalue weighted by atomic mass is 10.0. The predicted molar refractivity (Wildman–Crippen MR) is 107 cm³/mol. The summed E-state index contributed by atoms with van der Waals surface area (Å²) in [5.41, 5.74) is 2.87. The van der Waals surface area contributed by atoms with E-state index in [1.807, 2.05) is 31.2 Å². The van der Waals surface area contributed by atoms with Crippen LogP contribution in [0.3, 0.4) is 0 Å². The van der Waals surface area contributed by atoms with Gasteiger partial charge in [-0.25, -0.2) is 9.59 Å². The van der Waals surface area contributed by atoms with Crippen molar-refractivity contribution >= 4 is 50.1 Å². The third kappa shape index (κ3) is 3.93. The van der Waals surface area contributed by atoms with Crippen molar-refractivity contribution in [1.29, 1.82) is 0 Å². The number of anilines is 2. The molecule has 0 aliphatic rings. The lowest BCUT2D eigenvalue weighted by Gasteiger charge is -2.15. The number of halogens is 1. The first kappa shape index (κ1) is 18.8. The zero-order chi connectivity index (χ0) is 19.6. The number of aryl methyl sites for hydroxylation is 1. The summed E-state index contributed by atoms with van der Waals surface area (Å²) in [5.74, 6) is -1.63. The Kier molecular flexibility index (Phi) is 5.41. The van der Waals surface area contributed by atoms with Crippen molar-refractivity contribution in [3.8, 4) is 0 Å². The summed E-state index contributed by atoms with van der Waals surface area (Å²) in [6, 6.07) is 10.9. The monoisotopic (exact) mass is 428 g/mol. The maximum absolute atomic E-state index is 12.4. The van der Waals surface area contributed by atoms with E-state index in [1.165, 1.54) is 12.3 Å². The van der Waals surface area contributed by atoms with Crippen LogP contribution in [0.2, 0.25) is 0 Å². The van der Waals surface area contributed by atoms with Gasteiger partial charge in [0.2, 0.25) is 0 Å². The van der Waals surface area contributed by atoms with E-state index >= 15 is 0 Å². The summed E-state index contributed by atoms with van der Waals surface area (Å²) in [6.07, 6.45) is 1.34. The molecule has 3 rings (SSSR count). The molecule has 1 aromatic heterocycles. The van der Waals surface area contributed by atoms with E-state index in [0.29, 0.717) is 15.5 Å². The Bertz CT molecular complexity index is 1030. The van der Waals surface area contributed by atoms with Gasteiger partial charge in [-0.15, -0.1) is 0 Å². The van der Waals surface area contributed by atoms with E-state index in [4.69, 9.17) is 4.74 Å². The van der Waals surface area contributed by atoms with Crippen LogP contribution >= 0.6 is 15.9 Å². The van der Waals surface area contributed by atoms with Crippen LogP contribution < -0.4 is 5.32 Å². The van der Waals surface area contributed by atoms with Crippen LogP contribution in [0.1, 0.15) is 33.2 Å². The number of hydrogen-bond donors (Lipinski definition) is 2. The zero-order valence-corrected chi connectivity index (χ0v) is 16.3. The molecule has 138 valence electrons. The fourth-order valence-electron chi connectivity index (χ4n) is 2.71. The highest BCUT2D eigenvalue weighted by Crippen LogP contribution is 2.33. The molecule has 0 fully saturated rings. The van der Waals surface area contributed by atoms with Gasteiger partial charge < -0.3 is 15.2 Å². The topological polar surface area (TPSA) is 88.5 Å². The highest BCUT2D eigenvalue weighted by Gasteiger charge is 2.21. The fourth-order valence-corrected chi connectivity index (χ4v) is 3.17. The molecule has 0 aliphatic heterocycles. The molecule has 0 saturated carbocycles. The number of nitrogens with zero attached hydrogens (tertiary/aromatic N) is 1. The molecule has 6 nitrogen and oxygen atoms in total. The first-order chi connectivity index (χ1) is 12.9. The normalized spacial score (nSPS) is 10.6. The first-order valence-corrected chi connectivity index (χ1v) is 9.06. The van der Waals surface area contributed by atoms with Gasteiger partial charge in [0, 0.05) is 21.7 Å². The Morgan fingerprint density at radius 3 is 2.52 bits per heavy atom. The van der Waals surface area contributed by atoms with Crippen molar-refractivity contribution in [3.05, 3.63) is 63.8 Å². The number of aromatic carboxylic acids is 1. The van der Waals surface area contributed by atoms with Crippen molar-refractivity contribution < 1.29 is 19.4 Å². The number of benzene rings is 2. The molecule has 1 heterocycles. The van der Waals surface area contributed by atoms with Crippen LogP contribution in [-0.4, -0.2) is 28.6 Å². The number of carbonyl (C=O) groups is 2. The Labute approximate surface area is 164 Å². The molecular weight excluding hydrogens is 412 g/mol. The summed E-state index contributed by atoms with van der Waals surface area (Å²) in [4.78, 5) is 28.3. The van der Waals surface area contributed by atoms with Gasteiger partial charge in [-0.3, -0.25) is 4.98 Å². The van der Waals surface area contributed by atoms with Gasteiger partial charge in [-0.1, -0.05) is 33.6 Å². The molecule has 0 unspecified atom stereocenters. The molecular formula is C20H17BrN2O4. The van der Waals surface area contributed by atoms with Crippen LogP contribution in [-0.2, 0) is 4.74 Å². The van der Waals surface area contributed by atoms with E-state index in [9.17, 15) is 14.7 Å². The van der Waals surface area contributed by atoms with Crippen molar-refractivity contribution in [3.63, 3.8) is 0 Å². The van der Waals surface area contributed by atoms with E-state index in [0.717, 1.165) is 11.3 Å². The van der Waals surface area contributed by atoms with E-state index in [-0.39, 0.29) is 23.3 Å². The van der Waals surface area contributed by atoms with Crippen molar-refractivity contribution in [2.75, 3.05) is 11.9 Å². The number of fused-ring (bicyclic) bond motifs is 1. The maximum Gasteiger partial charge on any atom is 0.341 e. The number of hydrogen-bond acceptors (Lipinski definition) is 5. The number of pyridine rings is 1. The number of carbonyl (C=O) groups excluding carboxylic acids is 1. The van der Waals surface area contributed by atoms with Gasteiger partial charge in [0.05, 0.1) is 23.4 Å². The minimum atomic E-state index is -1.10. The zero-order valence-electron chi connectivity index (χ0n) is 14.7. The number of nitrogens with one attached hydrogen (secondary N) is 1. The Hall–Kier alpha value is -2.93. The molecule has 0 radical (unpaired) electrons. The Morgan fingerprint density at radius 1 is 1.19 bits per heavy atom. The lowest BCUT2D eigenvalue weighted by Crippen LogP contribution is -2.10.